The molecular weight excluding hydrogens is 1640 g/mol. The zero-order valence-electron chi connectivity index (χ0n) is 82.6. The Morgan fingerprint density at radius 2 is 0.207 bits per heavy atom. The number of rotatable bonds is 32. The molecule has 0 saturated carbocycles. The van der Waals surface area contributed by atoms with E-state index in [1.807, 2.05) is 0 Å². The van der Waals surface area contributed by atoms with Crippen molar-refractivity contribution in [2.24, 2.45) is 0 Å². The van der Waals surface area contributed by atoms with Crippen LogP contribution in [0.15, 0.2) is 24.3 Å². The van der Waals surface area contributed by atoms with Crippen LogP contribution in [0.25, 0.3) is 0 Å². The topological polar surface area (TPSA) is 0 Å². The van der Waals surface area contributed by atoms with Gasteiger partial charge in [0.2, 0.25) is 0 Å². The summed E-state index contributed by atoms with van der Waals surface area (Å²) in [7, 11) is 0. The van der Waals surface area contributed by atoms with Crippen molar-refractivity contribution in [2.75, 3.05) is 0 Å². The molecule has 0 unspecified atom stereocenters. The van der Waals surface area contributed by atoms with Crippen LogP contribution in [-0.4, -0.2) is 66.1 Å². The van der Waals surface area contributed by atoms with Gasteiger partial charge in [-0.05, 0) is 0 Å². The summed E-state index contributed by atoms with van der Waals surface area (Å²) in [5, 5.41) is 0. The molecule has 0 nitrogen and oxygen atoms in total. The van der Waals surface area contributed by atoms with Gasteiger partial charge in [-0.2, -0.15) is 0 Å². The molecule has 4 aromatic carbocycles. The average Bonchev–Trinajstić information content (AvgIpc) is 1.54. The molecule has 8 aliphatic carbocycles. The number of benzene rings is 4. The SMILES string of the molecule is CCC1(CC)CC(CC)(CC)c2c1cc1c([c]2[Ge])C(CC)(CC)CC1(CC)CC.CCC1(CC)CC(CC)(CC)c2c1cc1c([c]2[Ge])C(CC)(CC)CC1(CC)CC.CCC1(CC)CC(CC)(CC)c2c1cc1c([c]2[Ge])C(CC)(CC)CC1(CC)CC.CCC1(CC)CC(CC)(CC)c2c1cc1c([c]2[Ge])C(CC)(CC)CC1(CC)CC. The van der Waals surface area contributed by atoms with Crippen molar-refractivity contribution >= 4 is 83.6 Å². The van der Waals surface area contributed by atoms with E-state index in [4.69, 9.17) is 0 Å². The third kappa shape index (κ3) is 13.9. The maximum absolute atomic E-state index is 2.79. The van der Waals surface area contributed by atoms with Crippen molar-refractivity contribution in [2.45, 2.75) is 565 Å². The zero-order chi connectivity index (χ0) is 86.7. The Balaban J connectivity index is 0.000000177. The molecular formula is C112H180Ge4. The monoisotopic (exact) mass is 1820 g/mol. The predicted molar refractivity (Wildman–Crippen MR) is 520 cm³/mol. The molecule has 4 aromatic rings. The minimum atomic E-state index is 0.386. The summed E-state index contributed by atoms with van der Waals surface area (Å²) in [5.74, 6) is 0. The second kappa shape index (κ2) is 36.8. The van der Waals surface area contributed by atoms with Crippen LogP contribution in [0.2, 0.25) is 0 Å². The van der Waals surface area contributed by atoms with E-state index in [0.29, 0.717) is 86.6 Å². The summed E-state index contributed by atoms with van der Waals surface area (Å²) < 4.78 is 6.82. The predicted octanol–water partition coefficient (Wildman–Crippen LogP) is 30.1. The van der Waals surface area contributed by atoms with Gasteiger partial charge in [-0.1, -0.05) is 0 Å². The first-order valence-electron chi connectivity index (χ1n) is 50.9. The van der Waals surface area contributed by atoms with E-state index >= 15 is 0 Å². The van der Waals surface area contributed by atoms with Crippen LogP contribution in [0.1, 0.15) is 567 Å². The molecule has 0 bridgehead atoms. The van der Waals surface area contributed by atoms with Gasteiger partial charge in [-0.3, -0.25) is 0 Å². The second-order valence-electron chi connectivity index (χ2n) is 41.6. The summed E-state index contributed by atoms with van der Waals surface area (Å²) in [6, 6.07) is 11.2. The quantitative estimate of drug-likeness (QED) is 0.0428. The minimum absolute atomic E-state index is 0.386. The van der Waals surface area contributed by atoms with E-state index in [0.717, 1.165) is 0 Å². The Morgan fingerprint density at radius 3 is 0.267 bits per heavy atom. The van der Waals surface area contributed by atoms with Crippen LogP contribution in [0.5, 0.6) is 0 Å². The molecule has 0 atom stereocenters. The Morgan fingerprint density at radius 1 is 0.138 bits per heavy atom. The Hall–Kier alpha value is -0.949. The zero-order valence-corrected chi connectivity index (χ0v) is 91.0. The van der Waals surface area contributed by atoms with Gasteiger partial charge in [-0.15, -0.1) is 0 Å². The molecule has 8 aliphatic rings. The normalized spacial score (nSPS) is 22.5. The molecule has 0 amide bonds. The van der Waals surface area contributed by atoms with Crippen molar-refractivity contribution in [1.29, 1.82) is 0 Å². The molecule has 116 heavy (non-hydrogen) atoms. The summed E-state index contributed by atoms with van der Waals surface area (Å²) in [6.45, 7) is 78.5. The summed E-state index contributed by atoms with van der Waals surface area (Å²) in [6.07, 6.45) is 52.1. The first-order valence-corrected chi connectivity index (χ1v) is 55.1. The van der Waals surface area contributed by atoms with Gasteiger partial charge in [0.15, 0.2) is 0 Å². The van der Waals surface area contributed by atoms with Crippen molar-refractivity contribution in [1.82, 2.24) is 0 Å². The fourth-order valence-corrected chi connectivity index (χ4v) is 37.7. The van der Waals surface area contributed by atoms with Crippen LogP contribution in [0.4, 0.5) is 0 Å². The molecule has 0 N–H and O–H groups in total. The Kier molecular flexibility index (Phi) is 31.3. The van der Waals surface area contributed by atoms with E-state index < -0.39 is 0 Å². The van der Waals surface area contributed by atoms with Gasteiger partial charge in [-0.25, -0.2) is 0 Å². The molecule has 12 radical (unpaired) electrons. The number of hydrogen-bond donors (Lipinski definition) is 0. The van der Waals surface area contributed by atoms with Gasteiger partial charge in [0, 0.05) is 0 Å². The fraction of sp³-hybridized carbons (Fsp3) is 0.786. The Labute approximate surface area is 755 Å². The summed E-state index contributed by atoms with van der Waals surface area (Å²) in [5.41, 5.74) is 34.6. The maximum atomic E-state index is 2.79. The first kappa shape index (κ1) is 98.8. The van der Waals surface area contributed by atoms with Crippen LogP contribution < -0.4 is 17.6 Å². The van der Waals surface area contributed by atoms with Gasteiger partial charge < -0.3 is 0 Å². The molecule has 0 saturated heterocycles. The van der Waals surface area contributed by atoms with E-state index in [9.17, 15) is 0 Å². The van der Waals surface area contributed by atoms with E-state index in [1.165, 1.54) is 257 Å². The third-order valence-corrected chi connectivity index (χ3v) is 45.4. The van der Waals surface area contributed by atoms with Crippen molar-refractivity contribution in [3.8, 4) is 0 Å². The van der Waals surface area contributed by atoms with E-state index in [2.05, 4.69) is 312 Å². The molecule has 0 aliphatic heterocycles. The van der Waals surface area contributed by atoms with Crippen LogP contribution in [-0.2, 0) is 86.6 Å². The molecule has 0 heterocycles. The summed E-state index contributed by atoms with van der Waals surface area (Å²) in [4.78, 5) is 0. The molecule has 12 rings (SSSR count). The van der Waals surface area contributed by atoms with E-state index in [1.54, 1.807) is 107 Å². The average molecular weight is 1820 g/mol. The number of fused-ring (bicyclic) bond motifs is 8. The van der Waals surface area contributed by atoms with Gasteiger partial charge in [0.05, 0.1) is 0 Å². The summed E-state index contributed by atoms with van der Waals surface area (Å²) >= 11 is 10.1. The molecule has 0 aromatic heterocycles. The fourth-order valence-electron chi connectivity index (χ4n) is 31.0. The molecule has 0 fully saturated rings. The second-order valence-corrected chi connectivity index (χ2v) is 45.8. The van der Waals surface area contributed by atoms with Gasteiger partial charge in [0.25, 0.3) is 0 Å². The van der Waals surface area contributed by atoms with Gasteiger partial charge in [0.1, 0.15) is 0 Å². The molecule has 0 spiro atoms. The molecule has 644 valence electrons. The van der Waals surface area contributed by atoms with Crippen LogP contribution in [0.3, 0.4) is 0 Å². The first-order chi connectivity index (χ1) is 55.1. The Bertz CT molecular complexity index is 3240. The van der Waals surface area contributed by atoms with Crippen molar-refractivity contribution in [3.05, 3.63) is 113 Å². The van der Waals surface area contributed by atoms with E-state index in [-0.39, 0.29) is 0 Å². The van der Waals surface area contributed by atoms with Crippen molar-refractivity contribution < 1.29 is 0 Å². The van der Waals surface area contributed by atoms with Crippen molar-refractivity contribution in [3.63, 3.8) is 0 Å². The van der Waals surface area contributed by atoms with Gasteiger partial charge >= 0.3 is 762 Å². The molecule has 4 heteroatoms. The van der Waals surface area contributed by atoms with Crippen LogP contribution >= 0.6 is 0 Å². The number of hydrogen-bond acceptors (Lipinski definition) is 0. The third-order valence-electron chi connectivity index (χ3n) is 41.2. The standard InChI is InChI=1S/4C28H45Ge/c4*1-9-25(10-2)18-27(13-5,14-6)22-20(25)17-21-23(24(22)29)28(15-7,16-8)19-26(21,11-3)12-4/h4*17H,9-16,18-19H2,1-8H3. The van der Waals surface area contributed by atoms with Crippen LogP contribution in [0, 0.1) is 0 Å².